The van der Waals surface area contributed by atoms with Crippen LogP contribution in [0.25, 0.3) is 11.3 Å². The summed E-state index contributed by atoms with van der Waals surface area (Å²) >= 11 is 1.58. The first-order valence-corrected chi connectivity index (χ1v) is 12.4. The molecule has 162 valence electrons. The van der Waals surface area contributed by atoms with Gasteiger partial charge in [-0.25, -0.2) is 13.4 Å². The predicted molar refractivity (Wildman–Crippen MR) is 123 cm³/mol. The number of hydrogen-bond donors (Lipinski definition) is 0. The molecule has 0 spiro atoms. The van der Waals surface area contributed by atoms with Gasteiger partial charge in [0.2, 0.25) is 0 Å². The number of aromatic nitrogens is 1. The fourth-order valence-electron chi connectivity index (χ4n) is 3.85. The molecule has 0 radical (unpaired) electrons. The summed E-state index contributed by atoms with van der Waals surface area (Å²) in [4.78, 5) is 17.4. The number of benzene rings is 2. The summed E-state index contributed by atoms with van der Waals surface area (Å²) < 4.78 is 25.9. The van der Waals surface area contributed by atoms with Crippen molar-refractivity contribution >= 4 is 32.0 Å². The number of nitro benzene ring substituents is 1. The van der Waals surface area contributed by atoms with Crippen molar-refractivity contribution in [2.45, 2.75) is 36.8 Å². The fraction of sp³-hybridized carbons (Fsp3) is 0.318. The van der Waals surface area contributed by atoms with E-state index in [-0.39, 0.29) is 10.6 Å². The Kier molecular flexibility index (Phi) is 5.81. The molecule has 2 heterocycles. The summed E-state index contributed by atoms with van der Waals surface area (Å²) in [5.41, 5.74) is 4.32. The van der Waals surface area contributed by atoms with Crippen LogP contribution in [-0.4, -0.2) is 36.7 Å². The zero-order chi connectivity index (χ0) is 22.2. The highest BCUT2D eigenvalue weighted by molar-refractivity contribution is 7.92. The number of hydrogen-bond acceptors (Lipinski definition) is 7. The number of nitro groups is 1. The lowest BCUT2D eigenvalue weighted by Crippen LogP contribution is -2.39. The highest BCUT2D eigenvalue weighted by atomic mass is 32.2. The third kappa shape index (κ3) is 4.33. The van der Waals surface area contributed by atoms with E-state index in [1.807, 2.05) is 0 Å². The van der Waals surface area contributed by atoms with E-state index in [9.17, 15) is 18.5 Å². The van der Waals surface area contributed by atoms with Crippen molar-refractivity contribution < 1.29 is 13.3 Å². The molecule has 1 aliphatic rings. The average molecular weight is 458 g/mol. The van der Waals surface area contributed by atoms with E-state index in [2.05, 4.69) is 42.3 Å². The Hall–Kier alpha value is -2.78. The molecule has 1 fully saturated rings. The van der Waals surface area contributed by atoms with Crippen molar-refractivity contribution in [3.63, 3.8) is 0 Å². The lowest BCUT2D eigenvalue weighted by molar-refractivity contribution is -0.384. The molecule has 1 saturated heterocycles. The normalized spacial score (nSPS) is 15.2. The highest BCUT2D eigenvalue weighted by Gasteiger charge is 2.32. The van der Waals surface area contributed by atoms with Crippen molar-refractivity contribution in [2.24, 2.45) is 0 Å². The van der Waals surface area contributed by atoms with Gasteiger partial charge in [0.1, 0.15) is 0 Å². The number of rotatable bonds is 5. The molecule has 9 heteroatoms. The first kappa shape index (κ1) is 21.5. The molecule has 2 aromatic carbocycles. The second-order valence-electron chi connectivity index (χ2n) is 7.82. The summed E-state index contributed by atoms with van der Waals surface area (Å²) in [6.45, 7) is 5.35. The fourth-order valence-corrected chi connectivity index (χ4v) is 6.46. The van der Waals surface area contributed by atoms with Crippen LogP contribution >= 0.6 is 11.3 Å². The minimum absolute atomic E-state index is 0.114. The smallest absolute Gasteiger partial charge is 0.269 e. The van der Waals surface area contributed by atoms with Crippen molar-refractivity contribution in [1.82, 2.24) is 4.98 Å². The molecule has 0 atom stereocenters. The average Bonchev–Trinajstić information content (AvgIpc) is 3.25. The van der Waals surface area contributed by atoms with Gasteiger partial charge >= 0.3 is 0 Å². The van der Waals surface area contributed by atoms with E-state index < -0.39 is 20.0 Å². The zero-order valence-corrected chi connectivity index (χ0v) is 18.9. The number of aryl methyl sites for hydroxylation is 2. The standard InChI is InChI=1S/C22H23N3O4S2/c1-15-3-4-16(2)20(13-15)21-14-30-22(23-21)24-11-9-19(10-12-24)31(28,29)18-7-5-17(6-8-18)25(26)27/h3-8,13-14,19H,9-12H2,1-2H3. The summed E-state index contributed by atoms with van der Waals surface area (Å²) in [7, 11) is -3.52. The molecule has 7 nitrogen and oxygen atoms in total. The zero-order valence-electron chi connectivity index (χ0n) is 17.3. The Morgan fingerprint density at radius 1 is 1.10 bits per heavy atom. The topological polar surface area (TPSA) is 93.4 Å². The van der Waals surface area contributed by atoms with Crippen LogP contribution < -0.4 is 4.90 Å². The summed E-state index contributed by atoms with van der Waals surface area (Å²) in [6.07, 6.45) is 0.995. The summed E-state index contributed by atoms with van der Waals surface area (Å²) in [5.74, 6) is 0. The van der Waals surface area contributed by atoms with Gasteiger partial charge in [0.05, 0.1) is 20.8 Å². The number of nitrogens with zero attached hydrogens (tertiary/aromatic N) is 3. The van der Waals surface area contributed by atoms with Crippen LogP contribution in [0.15, 0.2) is 52.7 Å². The SMILES string of the molecule is Cc1ccc(C)c(-c2csc(N3CCC(S(=O)(=O)c4ccc([N+](=O)[O-])cc4)CC3)n2)c1. The molecule has 0 saturated carbocycles. The van der Waals surface area contributed by atoms with E-state index >= 15 is 0 Å². The number of non-ortho nitro benzene ring substituents is 1. The number of sulfone groups is 1. The molecule has 31 heavy (non-hydrogen) atoms. The molecule has 4 rings (SSSR count). The quantitative estimate of drug-likeness (QED) is 0.404. The van der Waals surface area contributed by atoms with Crippen molar-refractivity contribution in [1.29, 1.82) is 0 Å². The summed E-state index contributed by atoms with van der Waals surface area (Å²) in [6, 6.07) is 11.5. The number of piperidine rings is 1. The van der Waals surface area contributed by atoms with Gasteiger partial charge in [-0.05, 0) is 50.5 Å². The Bertz CT molecular complexity index is 1210. The van der Waals surface area contributed by atoms with Crippen LogP contribution in [-0.2, 0) is 9.84 Å². The summed E-state index contributed by atoms with van der Waals surface area (Å²) in [5, 5.41) is 13.3. The minimum Gasteiger partial charge on any atom is -0.348 e. The number of anilines is 1. The van der Waals surface area contributed by atoms with Gasteiger partial charge in [0, 0.05) is 36.2 Å². The van der Waals surface area contributed by atoms with Gasteiger partial charge in [-0.15, -0.1) is 11.3 Å². The monoisotopic (exact) mass is 457 g/mol. The lowest BCUT2D eigenvalue weighted by Gasteiger charge is -2.31. The molecule has 0 aliphatic carbocycles. The molecule has 0 bridgehead atoms. The maximum absolute atomic E-state index is 13.0. The van der Waals surface area contributed by atoms with Gasteiger partial charge in [0.15, 0.2) is 15.0 Å². The highest BCUT2D eigenvalue weighted by Crippen LogP contribution is 2.33. The van der Waals surface area contributed by atoms with Gasteiger partial charge in [-0.1, -0.05) is 17.7 Å². The Morgan fingerprint density at radius 2 is 1.77 bits per heavy atom. The molecule has 3 aromatic rings. The van der Waals surface area contributed by atoms with Crippen molar-refractivity contribution in [3.8, 4) is 11.3 Å². The van der Waals surface area contributed by atoms with E-state index in [1.54, 1.807) is 11.3 Å². The van der Waals surface area contributed by atoms with E-state index in [4.69, 9.17) is 4.98 Å². The van der Waals surface area contributed by atoms with Crippen LogP contribution in [0.2, 0.25) is 0 Å². The van der Waals surface area contributed by atoms with Gasteiger partial charge in [0.25, 0.3) is 5.69 Å². The van der Waals surface area contributed by atoms with Crippen LogP contribution in [0.1, 0.15) is 24.0 Å². The van der Waals surface area contributed by atoms with Crippen molar-refractivity contribution in [3.05, 3.63) is 69.1 Å². The molecule has 0 unspecified atom stereocenters. The third-order valence-corrected chi connectivity index (χ3v) is 8.87. The first-order valence-electron chi connectivity index (χ1n) is 10.0. The van der Waals surface area contributed by atoms with Crippen molar-refractivity contribution in [2.75, 3.05) is 18.0 Å². The molecular formula is C22H23N3O4S2. The maximum atomic E-state index is 13.0. The Morgan fingerprint density at radius 3 is 2.42 bits per heavy atom. The van der Waals surface area contributed by atoms with Crippen LogP contribution in [0.5, 0.6) is 0 Å². The minimum atomic E-state index is -3.52. The number of thiazole rings is 1. The molecule has 0 amide bonds. The van der Waals surface area contributed by atoms with Gasteiger partial charge in [-0.2, -0.15) is 0 Å². The third-order valence-electron chi connectivity index (χ3n) is 5.69. The molecule has 1 aliphatic heterocycles. The molecule has 1 aromatic heterocycles. The second-order valence-corrected chi connectivity index (χ2v) is 10.9. The van der Waals surface area contributed by atoms with Crippen LogP contribution in [0, 0.1) is 24.0 Å². The maximum Gasteiger partial charge on any atom is 0.269 e. The first-order chi connectivity index (χ1) is 14.8. The molecule has 0 N–H and O–H groups in total. The van der Waals surface area contributed by atoms with Crippen LogP contribution in [0.4, 0.5) is 10.8 Å². The van der Waals surface area contributed by atoms with Gasteiger partial charge < -0.3 is 4.90 Å². The van der Waals surface area contributed by atoms with E-state index in [0.29, 0.717) is 25.9 Å². The largest absolute Gasteiger partial charge is 0.348 e. The van der Waals surface area contributed by atoms with Gasteiger partial charge in [-0.3, -0.25) is 10.1 Å². The Labute approximate surface area is 185 Å². The predicted octanol–water partition coefficient (Wildman–Crippen LogP) is 4.78. The second kappa shape index (κ2) is 8.39. The van der Waals surface area contributed by atoms with E-state index in [1.165, 1.54) is 35.4 Å². The lowest BCUT2D eigenvalue weighted by atomic mass is 10.0. The van der Waals surface area contributed by atoms with Crippen LogP contribution in [0.3, 0.4) is 0 Å². The van der Waals surface area contributed by atoms with E-state index in [0.717, 1.165) is 16.4 Å². The Balaban J connectivity index is 1.46. The molecular weight excluding hydrogens is 434 g/mol.